The Balaban J connectivity index is 1.99. The minimum atomic E-state index is -0.275. The molecule has 2 rings (SSSR count). The molecule has 2 aromatic carbocycles. The predicted octanol–water partition coefficient (Wildman–Crippen LogP) is 4.25. The van der Waals surface area contributed by atoms with Gasteiger partial charge in [0.2, 0.25) is 5.91 Å². The molecule has 6 heteroatoms. The fourth-order valence-electron chi connectivity index (χ4n) is 2.43. The van der Waals surface area contributed by atoms with Crippen molar-refractivity contribution in [1.82, 2.24) is 10.2 Å². The Kier molecular flexibility index (Phi) is 6.45. The molecule has 25 heavy (non-hydrogen) atoms. The first-order valence-corrected chi connectivity index (χ1v) is 8.60. The second-order valence-electron chi connectivity index (χ2n) is 5.90. The summed E-state index contributed by atoms with van der Waals surface area (Å²) in [6, 6.07) is 12.1. The molecule has 132 valence electrons. The highest BCUT2D eigenvalue weighted by molar-refractivity contribution is 6.35. The third-order valence-electron chi connectivity index (χ3n) is 4.07. The van der Waals surface area contributed by atoms with Gasteiger partial charge in [-0.1, -0.05) is 47.0 Å². The van der Waals surface area contributed by atoms with Crippen molar-refractivity contribution in [3.05, 3.63) is 69.2 Å². The zero-order chi connectivity index (χ0) is 18.6. The van der Waals surface area contributed by atoms with E-state index < -0.39 is 0 Å². The number of nitrogens with zero attached hydrogens (tertiary/aromatic N) is 1. The SMILES string of the molecule is Cc1cccc(C(=O)NCC(=O)N(C)C(C)c2ccc(Cl)cc2Cl)c1. The molecule has 0 aliphatic heterocycles. The smallest absolute Gasteiger partial charge is 0.251 e. The largest absolute Gasteiger partial charge is 0.343 e. The van der Waals surface area contributed by atoms with Crippen LogP contribution in [0.4, 0.5) is 0 Å². The van der Waals surface area contributed by atoms with Gasteiger partial charge in [0, 0.05) is 22.7 Å². The van der Waals surface area contributed by atoms with Crippen molar-refractivity contribution in [3.8, 4) is 0 Å². The maximum atomic E-state index is 12.4. The number of aryl methyl sites for hydroxylation is 1. The van der Waals surface area contributed by atoms with Crippen molar-refractivity contribution in [2.45, 2.75) is 19.9 Å². The standard InChI is InChI=1S/C19H20Cl2N2O2/c1-12-5-4-6-14(9-12)19(25)22-11-18(24)23(3)13(2)16-8-7-15(20)10-17(16)21/h4-10,13H,11H2,1-3H3,(H,22,25). The van der Waals surface area contributed by atoms with Crippen LogP contribution in [0.25, 0.3) is 0 Å². The molecular weight excluding hydrogens is 359 g/mol. The third kappa shape index (κ3) is 4.97. The molecule has 0 aromatic heterocycles. The van der Waals surface area contributed by atoms with Gasteiger partial charge in [-0.3, -0.25) is 9.59 Å². The molecule has 2 amide bonds. The van der Waals surface area contributed by atoms with Crippen LogP contribution >= 0.6 is 23.2 Å². The van der Waals surface area contributed by atoms with E-state index in [-0.39, 0.29) is 24.4 Å². The normalized spacial score (nSPS) is 11.7. The van der Waals surface area contributed by atoms with E-state index in [0.717, 1.165) is 11.1 Å². The molecule has 0 fully saturated rings. The highest BCUT2D eigenvalue weighted by Crippen LogP contribution is 2.29. The number of carbonyl (C=O) groups is 2. The summed E-state index contributed by atoms with van der Waals surface area (Å²) < 4.78 is 0. The summed E-state index contributed by atoms with van der Waals surface area (Å²) in [5, 5.41) is 3.70. The summed E-state index contributed by atoms with van der Waals surface area (Å²) in [5.74, 6) is -0.484. The van der Waals surface area contributed by atoms with Gasteiger partial charge in [-0.25, -0.2) is 0 Å². The summed E-state index contributed by atoms with van der Waals surface area (Å²) in [6.45, 7) is 3.70. The van der Waals surface area contributed by atoms with Gasteiger partial charge in [0.1, 0.15) is 0 Å². The van der Waals surface area contributed by atoms with Crippen molar-refractivity contribution in [3.63, 3.8) is 0 Å². The van der Waals surface area contributed by atoms with Crippen LogP contribution in [0.15, 0.2) is 42.5 Å². The number of hydrogen-bond acceptors (Lipinski definition) is 2. The summed E-state index contributed by atoms with van der Waals surface area (Å²) in [7, 11) is 1.68. The van der Waals surface area contributed by atoms with E-state index in [1.807, 2.05) is 26.0 Å². The molecule has 0 heterocycles. The van der Waals surface area contributed by atoms with Gasteiger partial charge in [-0.15, -0.1) is 0 Å². The summed E-state index contributed by atoms with van der Waals surface area (Å²) in [4.78, 5) is 26.1. The molecule has 2 aromatic rings. The molecule has 1 N–H and O–H groups in total. The van der Waals surface area contributed by atoms with Crippen molar-refractivity contribution in [2.24, 2.45) is 0 Å². The Labute approximate surface area is 157 Å². The molecule has 0 saturated carbocycles. The Hall–Kier alpha value is -2.04. The van der Waals surface area contributed by atoms with Gasteiger partial charge in [-0.2, -0.15) is 0 Å². The lowest BCUT2D eigenvalue weighted by Gasteiger charge is -2.26. The lowest BCUT2D eigenvalue weighted by Crippen LogP contribution is -2.39. The Morgan fingerprint density at radius 2 is 1.88 bits per heavy atom. The van der Waals surface area contributed by atoms with Crippen molar-refractivity contribution >= 4 is 35.0 Å². The van der Waals surface area contributed by atoms with E-state index in [4.69, 9.17) is 23.2 Å². The number of carbonyl (C=O) groups excluding carboxylic acids is 2. The van der Waals surface area contributed by atoms with Gasteiger partial charge in [-0.05, 0) is 43.7 Å². The third-order valence-corrected chi connectivity index (χ3v) is 4.63. The second-order valence-corrected chi connectivity index (χ2v) is 6.74. The molecule has 0 spiro atoms. The zero-order valence-electron chi connectivity index (χ0n) is 14.3. The van der Waals surface area contributed by atoms with E-state index in [9.17, 15) is 9.59 Å². The molecule has 0 aliphatic carbocycles. The predicted molar refractivity (Wildman–Crippen MR) is 101 cm³/mol. The van der Waals surface area contributed by atoms with Crippen molar-refractivity contribution in [1.29, 1.82) is 0 Å². The average Bonchev–Trinajstić information content (AvgIpc) is 2.58. The fourth-order valence-corrected chi connectivity index (χ4v) is 3.00. The quantitative estimate of drug-likeness (QED) is 0.844. The number of halogens is 2. The summed E-state index contributed by atoms with van der Waals surface area (Å²) in [6.07, 6.45) is 0. The molecule has 1 atom stereocenters. The fraction of sp³-hybridized carbons (Fsp3) is 0.263. The minimum absolute atomic E-state index is 0.0845. The Bertz CT molecular complexity index is 793. The molecule has 0 aliphatic rings. The van der Waals surface area contributed by atoms with E-state index in [2.05, 4.69) is 5.32 Å². The number of hydrogen-bond donors (Lipinski definition) is 1. The number of rotatable bonds is 5. The van der Waals surface area contributed by atoms with Gasteiger partial charge < -0.3 is 10.2 Å². The zero-order valence-corrected chi connectivity index (χ0v) is 15.9. The van der Waals surface area contributed by atoms with Crippen LogP contribution < -0.4 is 5.32 Å². The minimum Gasteiger partial charge on any atom is -0.343 e. The Morgan fingerprint density at radius 3 is 2.52 bits per heavy atom. The lowest BCUT2D eigenvalue weighted by atomic mass is 10.1. The summed E-state index contributed by atoms with van der Waals surface area (Å²) >= 11 is 12.1. The Morgan fingerprint density at radius 1 is 1.16 bits per heavy atom. The second kappa shape index (κ2) is 8.37. The first kappa shape index (κ1) is 19.3. The van der Waals surface area contributed by atoms with Crippen LogP contribution in [0.5, 0.6) is 0 Å². The molecule has 0 saturated heterocycles. The van der Waals surface area contributed by atoms with E-state index in [1.54, 1.807) is 42.3 Å². The van der Waals surface area contributed by atoms with Crippen molar-refractivity contribution < 1.29 is 9.59 Å². The number of amides is 2. The molecular formula is C19H20Cl2N2O2. The molecule has 0 bridgehead atoms. The van der Waals surface area contributed by atoms with Crippen LogP contribution in [0.1, 0.15) is 34.5 Å². The molecule has 0 radical (unpaired) electrons. The van der Waals surface area contributed by atoms with Gasteiger partial charge in [0.25, 0.3) is 5.91 Å². The topological polar surface area (TPSA) is 49.4 Å². The monoisotopic (exact) mass is 378 g/mol. The number of nitrogens with one attached hydrogen (secondary N) is 1. The maximum absolute atomic E-state index is 12.4. The molecule has 4 nitrogen and oxygen atoms in total. The van der Waals surface area contributed by atoms with Gasteiger partial charge >= 0.3 is 0 Å². The first-order valence-electron chi connectivity index (χ1n) is 7.85. The van der Waals surface area contributed by atoms with Crippen LogP contribution in [0.3, 0.4) is 0 Å². The maximum Gasteiger partial charge on any atom is 0.251 e. The lowest BCUT2D eigenvalue weighted by molar-refractivity contribution is -0.130. The van der Waals surface area contributed by atoms with E-state index >= 15 is 0 Å². The number of benzene rings is 2. The van der Waals surface area contributed by atoms with Gasteiger partial charge in [0.15, 0.2) is 0 Å². The van der Waals surface area contributed by atoms with Gasteiger partial charge in [0.05, 0.1) is 12.6 Å². The van der Waals surface area contributed by atoms with Crippen LogP contribution in [0, 0.1) is 6.92 Å². The average molecular weight is 379 g/mol. The highest BCUT2D eigenvalue weighted by Gasteiger charge is 2.20. The van der Waals surface area contributed by atoms with Crippen LogP contribution in [-0.2, 0) is 4.79 Å². The first-order chi connectivity index (χ1) is 11.8. The van der Waals surface area contributed by atoms with Crippen LogP contribution in [-0.4, -0.2) is 30.3 Å². The summed E-state index contributed by atoms with van der Waals surface area (Å²) in [5.41, 5.74) is 2.32. The molecule has 1 unspecified atom stereocenters. The number of likely N-dealkylation sites (N-methyl/N-ethyl adjacent to an activating group) is 1. The van der Waals surface area contributed by atoms with Crippen molar-refractivity contribution in [2.75, 3.05) is 13.6 Å². The van der Waals surface area contributed by atoms with Crippen LogP contribution in [0.2, 0.25) is 10.0 Å². The van der Waals surface area contributed by atoms with E-state index in [0.29, 0.717) is 15.6 Å². The highest BCUT2D eigenvalue weighted by atomic mass is 35.5. The van der Waals surface area contributed by atoms with E-state index in [1.165, 1.54) is 0 Å².